The molecule has 27 heavy (non-hydrogen) atoms. The lowest BCUT2D eigenvalue weighted by Gasteiger charge is -2.10. The highest BCUT2D eigenvalue weighted by Crippen LogP contribution is 2.32. The molecule has 2 aromatic carbocycles. The Labute approximate surface area is 161 Å². The van der Waals surface area contributed by atoms with E-state index in [0.717, 1.165) is 23.1 Å². The predicted molar refractivity (Wildman–Crippen MR) is 108 cm³/mol. The summed E-state index contributed by atoms with van der Waals surface area (Å²) < 4.78 is 11.2. The van der Waals surface area contributed by atoms with Crippen molar-refractivity contribution in [3.63, 3.8) is 0 Å². The molecule has 0 amide bonds. The van der Waals surface area contributed by atoms with Crippen molar-refractivity contribution in [3.05, 3.63) is 65.2 Å². The number of aryl methyl sites for hydroxylation is 2. The minimum atomic E-state index is -1.45. The van der Waals surface area contributed by atoms with Crippen LogP contribution in [-0.4, -0.2) is 26.4 Å². The zero-order valence-electron chi connectivity index (χ0n) is 15.3. The van der Waals surface area contributed by atoms with Gasteiger partial charge >= 0.3 is 0 Å². The van der Waals surface area contributed by atoms with Crippen LogP contribution < -0.4 is 10.5 Å². The highest BCUT2D eigenvalue weighted by Gasteiger charge is 2.11. The maximum atomic E-state index is 11.2. The third kappa shape index (κ3) is 4.77. The molecular weight excluding hydrogens is 360 g/mol. The molecule has 3 rings (SSSR count). The molecule has 0 saturated heterocycles. The third-order valence-corrected chi connectivity index (χ3v) is 4.99. The fraction of sp³-hybridized carbons (Fsp3) is 0.200. The topological polar surface area (TPSA) is 107 Å². The van der Waals surface area contributed by atoms with Crippen LogP contribution in [0.3, 0.4) is 0 Å². The highest BCUT2D eigenvalue weighted by molar-refractivity contribution is 7.89. The fourth-order valence-corrected chi connectivity index (χ4v) is 3.37. The number of nitrogens with two attached hydrogens (primary N) is 1. The highest BCUT2D eigenvalue weighted by atomic mass is 32.2. The minimum Gasteiger partial charge on any atom is -0.593 e. The van der Waals surface area contributed by atoms with Gasteiger partial charge in [-0.2, -0.15) is 0 Å². The first-order chi connectivity index (χ1) is 12.9. The van der Waals surface area contributed by atoms with Crippen LogP contribution in [-0.2, 0) is 17.8 Å². The zero-order chi connectivity index (χ0) is 19.4. The molecule has 0 radical (unpaired) electrons. The largest absolute Gasteiger partial charge is 0.593 e. The number of anilines is 1. The molecule has 1 heterocycles. The number of hydrogen-bond acceptors (Lipinski definition) is 6. The van der Waals surface area contributed by atoms with Gasteiger partial charge in [0.2, 0.25) is 0 Å². The molecule has 4 N–H and O–H groups in total. The first-order valence-electron chi connectivity index (χ1n) is 8.57. The Morgan fingerprint density at radius 1 is 1.07 bits per heavy atom. The average Bonchev–Trinajstić information content (AvgIpc) is 2.62. The molecule has 7 heteroatoms. The second-order valence-corrected chi connectivity index (χ2v) is 7.46. The quantitative estimate of drug-likeness (QED) is 0.566. The molecule has 140 valence electrons. The van der Waals surface area contributed by atoms with Crippen LogP contribution >= 0.6 is 0 Å². The van der Waals surface area contributed by atoms with Crippen LogP contribution in [0.1, 0.15) is 16.7 Å². The van der Waals surface area contributed by atoms with Gasteiger partial charge in [0, 0.05) is 12.1 Å². The van der Waals surface area contributed by atoms with Crippen molar-refractivity contribution in [2.75, 3.05) is 11.9 Å². The van der Waals surface area contributed by atoms with Crippen molar-refractivity contribution in [2.45, 2.75) is 25.2 Å². The van der Waals surface area contributed by atoms with E-state index in [-0.39, 0.29) is 5.75 Å². The van der Waals surface area contributed by atoms with Crippen LogP contribution in [0.5, 0.6) is 5.75 Å². The van der Waals surface area contributed by atoms with E-state index in [2.05, 4.69) is 15.5 Å². The summed E-state index contributed by atoms with van der Waals surface area (Å²) in [5.74, 6) is 0.882. The van der Waals surface area contributed by atoms with Crippen molar-refractivity contribution < 1.29 is 9.66 Å². The SMILES string of the molecule is Cc1cc(C)c(-c2ccc(NCCc3ccc([S+](N)[O-])cc3)nn2)c(O)c1. The monoisotopic (exact) mass is 382 g/mol. The summed E-state index contributed by atoms with van der Waals surface area (Å²) in [6, 6.07) is 14.8. The van der Waals surface area contributed by atoms with Crippen LogP contribution in [0, 0.1) is 13.8 Å². The minimum absolute atomic E-state index is 0.212. The Hall–Kier alpha value is -2.61. The zero-order valence-corrected chi connectivity index (χ0v) is 16.1. The summed E-state index contributed by atoms with van der Waals surface area (Å²) in [4.78, 5) is 0.614. The van der Waals surface area contributed by atoms with Gasteiger partial charge in [-0.05, 0) is 67.3 Å². The second kappa shape index (κ2) is 8.39. The van der Waals surface area contributed by atoms with Crippen molar-refractivity contribution in [3.8, 4) is 17.0 Å². The van der Waals surface area contributed by atoms with Gasteiger partial charge in [0.05, 0.1) is 17.1 Å². The smallest absolute Gasteiger partial charge is 0.173 e. The first kappa shape index (κ1) is 19.2. The van der Waals surface area contributed by atoms with E-state index in [1.807, 2.05) is 44.2 Å². The molecule has 0 bridgehead atoms. The van der Waals surface area contributed by atoms with Gasteiger partial charge in [-0.25, -0.2) is 0 Å². The average molecular weight is 382 g/mol. The summed E-state index contributed by atoms with van der Waals surface area (Å²) in [6.45, 7) is 4.58. The molecule has 0 aliphatic carbocycles. The Kier molecular flexibility index (Phi) is 5.95. The predicted octanol–water partition coefficient (Wildman–Crippen LogP) is 3.10. The molecule has 0 saturated carbocycles. The first-order valence-corrected chi connectivity index (χ1v) is 9.78. The molecule has 1 aromatic heterocycles. The summed E-state index contributed by atoms with van der Waals surface area (Å²) in [5, 5.41) is 27.2. The number of aromatic hydroxyl groups is 1. The molecule has 0 aliphatic rings. The number of phenolic OH excluding ortho intramolecular Hbond substituents is 1. The fourth-order valence-electron chi connectivity index (χ4n) is 2.96. The van der Waals surface area contributed by atoms with Crippen molar-refractivity contribution in [1.82, 2.24) is 10.2 Å². The van der Waals surface area contributed by atoms with E-state index in [9.17, 15) is 9.66 Å². The van der Waals surface area contributed by atoms with Crippen molar-refractivity contribution in [2.24, 2.45) is 5.14 Å². The summed E-state index contributed by atoms with van der Waals surface area (Å²) in [6.07, 6.45) is 0.790. The number of rotatable bonds is 6. The van der Waals surface area contributed by atoms with E-state index in [0.29, 0.717) is 28.5 Å². The van der Waals surface area contributed by atoms with Gasteiger partial charge in [-0.15, -0.1) is 15.3 Å². The van der Waals surface area contributed by atoms with Gasteiger partial charge in [0.15, 0.2) is 4.90 Å². The maximum absolute atomic E-state index is 11.2. The van der Waals surface area contributed by atoms with Crippen LogP contribution in [0.2, 0.25) is 0 Å². The number of nitrogens with zero attached hydrogens (tertiary/aromatic N) is 2. The second-order valence-electron chi connectivity index (χ2n) is 6.40. The Morgan fingerprint density at radius 2 is 1.81 bits per heavy atom. The molecule has 1 unspecified atom stereocenters. The summed E-state index contributed by atoms with van der Waals surface area (Å²) in [7, 11) is 0. The summed E-state index contributed by atoms with van der Waals surface area (Å²) >= 11 is -1.45. The Bertz CT molecular complexity index is 889. The normalized spacial score (nSPS) is 12.0. The molecule has 0 spiro atoms. The lowest BCUT2D eigenvalue weighted by Crippen LogP contribution is -2.12. The molecule has 0 aliphatic heterocycles. The van der Waals surface area contributed by atoms with Gasteiger partial charge < -0.3 is 15.0 Å². The van der Waals surface area contributed by atoms with Crippen LogP contribution in [0.25, 0.3) is 11.3 Å². The summed E-state index contributed by atoms with van der Waals surface area (Å²) in [5.41, 5.74) is 4.43. The standard InChI is InChI=1S/C20H22N4O2S/c1-13-11-14(2)20(18(25)12-13)17-7-8-19(24-23-17)22-10-9-15-3-5-16(6-4-15)27(21)26/h3-8,11-12,25H,9-10,21H2,1-2H3,(H,22,24). The molecule has 0 fully saturated rings. The van der Waals surface area contributed by atoms with E-state index in [4.69, 9.17) is 5.14 Å². The van der Waals surface area contributed by atoms with Crippen molar-refractivity contribution in [1.29, 1.82) is 0 Å². The molecule has 6 nitrogen and oxygen atoms in total. The molecule has 1 atom stereocenters. The number of aromatic nitrogens is 2. The Balaban J connectivity index is 1.61. The van der Waals surface area contributed by atoms with Crippen LogP contribution in [0.4, 0.5) is 5.82 Å². The molecule has 3 aromatic rings. The number of phenols is 1. The number of hydrogen-bond donors (Lipinski definition) is 3. The lowest BCUT2D eigenvalue weighted by molar-refractivity contribution is 0.476. The van der Waals surface area contributed by atoms with Gasteiger partial charge in [0.25, 0.3) is 0 Å². The van der Waals surface area contributed by atoms with E-state index in [1.165, 1.54) is 0 Å². The Morgan fingerprint density at radius 3 is 2.41 bits per heavy atom. The van der Waals surface area contributed by atoms with E-state index < -0.39 is 11.4 Å². The van der Waals surface area contributed by atoms with Crippen LogP contribution in [0.15, 0.2) is 53.4 Å². The molecular formula is C20H22N4O2S. The van der Waals surface area contributed by atoms with E-state index in [1.54, 1.807) is 18.2 Å². The van der Waals surface area contributed by atoms with Gasteiger partial charge in [0.1, 0.15) is 11.6 Å². The lowest BCUT2D eigenvalue weighted by atomic mass is 10.0. The third-order valence-electron chi connectivity index (χ3n) is 4.26. The van der Waals surface area contributed by atoms with E-state index >= 15 is 0 Å². The van der Waals surface area contributed by atoms with Gasteiger partial charge in [-0.1, -0.05) is 18.2 Å². The maximum Gasteiger partial charge on any atom is 0.173 e. The number of benzene rings is 2. The number of nitrogens with one attached hydrogen (secondary N) is 1. The van der Waals surface area contributed by atoms with Crippen molar-refractivity contribution >= 4 is 17.2 Å². The van der Waals surface area contributed by atoms with Gasteiger partial charge in [-0.3, -0.25) is 0 Å².